The fraction of sp³-hybridized carbons (Fsp3) is 0.211. The van der Waals surface area contributed by atoms with Gasteiger partial charge < -0.3 is 26.4 Å². The molecule has 152 valence electrons. The normalized spacial score (nSPS) is 17.7. The molecule has 1 aliphatic rings. The molecule has 5 N–H and O–H groups in total. The van der Waals surface area contributed by atoms with E-state index in [4.69, 9.17) is 0 Å². The minimum Gasteiger partial charge on any atom is -0.391 e. The molecule has 1 aliphatic carbocycles. The number of carbonyl (C=O) groups excluding carboxylic acids is 1. The molecule has 0 saturated heterocycles. The molecule has 0 spiro atoms. The van der Waals surface area contributed by atoms with Crippen LogP contribution in [-0.2, 0) is 0 Å². The highest BCUT2D eigenvalue weighted by Gasteiger charge is 2.36. The molecule has 3 aromatic heterocycles. The summed E-state index contributed by atoms with van der Waals surface area (Å²) in [6, 6.07) is 6.85. The van der Waals surface area contributed by atoms with E-state index >= 15 is 0 Å². The van der Waals surface area contributed by atoms with E-state index < -0.39 is 12.1 Å². The summed E-state index contributed by atoms with van der Waals surface area (Å²) in [5.41, 5.74) is 3.15. The average molecular weight is 405 g/mol. The Bertz CT molecular complexity index is 1250. The van der Waals surface area contributed by atoms with Crippen molar-refractivity contribution in [3.8, 4) is 0 Å². The number of urea groups is 1. The van der Waals surface area contributed by atoms with Crippen molar-refractivity contribution >= 4 is 45.7 Å². The number of fused-ring (bicyclic) bond motifs is 2. The minimum atomic E-state index is -0.478. The van der Waals surface area contributed by atoms with E-state index in [1.807, 2.05) is 18.2 Å². The molecule has 11 heteroatoms. The standard InChI is InChI=1S/C19H19N9O2/c1-20-16-8-15(24-11-4-2-3-10-17(11)22-6-5-21-10)27-18-13(9-23-28(16)18)26-19(30)25-12-7-14(12)29/h2-6,8-9,12,14,20,29H,7H2,1H3,(H,24,27)(H2,25,26,30). The predicted octanol–water partition coefficient (Wildman–Crippen LogP) is 1.71. The summed E-state index contributed by atoms with van der Waals surface area (Å²) in [6.45, 7) is 0. The lowest BCUT2D eigenvalue weighted by Gasteiger charge is -2.11. The maximum Gasteiger partial charge on any atom is 0.319 e. The van der Waals surface area contributed by atoms with Gasteiger partial charge in [0.15, 0.2) is 5.65 Å². The first-order chi connectivity index (χ1) is 14.6. The minimum absolute atomic E-state index is 0.211. The molecule has 1 saturated carbocycles. The lowest BCUT2D eigenvalue weighted by atomic mass is 10.2. The second-order valence-corrected chi connectivity index (χ2v) is 6.93. The second kappa shape index (κ2) is 7.12. The number of amides is 2. The molecular formula is C19H19N9O2. The van der Waals surface area contributed by atoms with Crippen LogP contribution >= 0.6 is 0 Å². The molecular weight excluding hydrogens is 386 g/mol. The highest BCUT2D eigenvalue weighted by Crippen LogP contribution is 2.27. The third kappa shape index (κ3) is 3.31. The number of hydrogen-bond acceptors (Lipinski definition) is 8. The van der Waals surface area contributed by atoms with E-state index in [0.29, 0.717) is 29.4 Å². The van der Waals surface area contributed by atoms with Gasteiger partial charge in [0.25, 0.3) is 0 Å². The molecule has 1 fully saturated rings. The lowest BCUT2D eigenvalue weighted by molar-refractivity contribution is 0.241. The van der Waals surface area contributed by atoms with Gasteiger partial charge in [0.2, 0.25) is 0 Å². The summed E-state index contributed by atoms with van der Waals surface area (Å²) in [6.07, 6.45) is 4.89. The van der Waals surface area contributed by atoms with E-state index in [1.165, 1.54) is 6.20 Å². The van der Waals surface area contributed by atoms with Gasteiger partial charge >= 0.3 is 6.03 Å². The maximum atomic E-state index is 12.2. The highest BCUT2D eigenvalue weighted by atomic mass is 16.3. The Balaban J connectivity index is 1.48. The summed E-state index contributed by atoms with van der Waals surface area (Å²) >= 11 is 0. The first-order valence-corrected chi connectivity index (χ1v) is 9.41. The van der Waals surface area contributed by atoms with Gasteiger partial charge in [0, 0.05) is 25.5 Å². The van der Waals surface area contributed by atoms with Crippen LogP contribution in [0.2, 0.25) is 0 Å². The number of nitrogens with one attached hydrogen (secondary N) is 4. The van der Waals surface area contributed by atoms with Crippen molar-refractivity contribution in [2.45, 2.75) is 18.6 Å². The number of rotatable bonds is 5. The SMILES string of the molecule is CNc1cc(Nc2cccc3nccnc23)nc2c(NC(=O)NC3CC3O)cnn12. The Morgan fingerprint density at radius 1 is 1.23 bits per heavy atom. The van der Waals surface area contributed by atoms with Crippen LogP contribution in [-0.4, -0.2) is 54.9 Å². The van der Waals surface area contributed by atoms with E-state index in [0.717, 1.165) is 16.7 Å². The number of aliphatic hydroxyl groups excluding tert-OH is 1. The smallest absolute Gasteiger partial charge is 0.319 e. The van der Waals surface area contributed by atoms with E-state index in [2.05, 4.69) is 41.3 Å². The summed E-state index contributed by atoms with van der Waals surface area (Å²) in [5.74, 6) is 1.23. The van der Waals surface area contributed by atoms with Gasteiger partial charge in [-0.3, -0.25) is 9.97 Å². The van der Waals surface area contributed by atoms with E-state index in [1.54, 1.807) is 30.0 Å². The van der Waals surface area contributed by atoms with Gasteiger partial charge in [-0.1, -0.05) is 6.07 Å². The quantitative estimate of drug-likeness (QED) is 0.338. The molecule has 0 radical (unpaired) electrons. The monoisotopic (exact) mass is 405 g/mol. The number of aromatic nitrogens is 5. The van der Waals surface area contributed by atoms with Crippen LogP contribution in [0.3, 0.4) is 0 Å². The van der Waals surface area contributed by atoms with Crippen LogP contribution in [0.15, 0.2) is 42.9 Å². The van der Waals surface area contributed by atoms with Crippen molar-refractivity contribution < 1.29 is 9.90 Å². The zero-order valence-corrected chi connectivity index (χ0v) is 16.0. The number of carbonyl (C=O) groups is 1. The van der Waals surface area contributed by atoms with Gasteiger partial charge in [-0.2, -0.15) is 9.61 Å². The van der Waals surface area contributed by atoms with Crippen molar-refractivity contribution in [2.24, 2.45) is 0 Å². The largest absolute Gasteiger partial charge is 0.391 e. The molecule has 2 amide bonds. The topological polar surface area (TPSA) is 141 Å². The molecule has 5 rings (SSSR count). The van der Waals surface area contributed by atoms with Crippen molar-refractivity contribution in [2.75, 3.05) is 23.0 Å². The lowest BCUT2D eigenvalue weighted by Crippen LogP contribution is -2.32. The molecule has 11 nitrogen and oxygen atoms in total. The van der Waals surface area contributed by atoms with Crippen molar-refractivity contribution in [1.82, 2.24) is 29.9 Å². The van der Waals surface area contributed by atoms with Crippen LogP contribution in [0.4, 0.5) is 27.8 Å². The zero-order chi connectivity index (χ0) is 20.7. The number of aliphatic hydroxyl groups is 1. The molecule has 30 heavy (non-hydrogen) atoms. The van der Waals surface area contributed by atoms with Gasteiger partial charge in [-0.15, -0.1) is 0 Å². The van der Waals surface area contributed by atoms with E-state index in [-0.39, 0.29) is 6.04 Å². The Morgan fingerprint density at radius 3 is 2.87 bits per heavy atom. The molecule has 2 atom stereocenters. The van der Waals surface area contributed by atoms with Gasteiger partial charge in [0.05, 0.1) is 29.5 Å². The number of para-hydroxylation sites is 1. The summed E-state index contributed by atoms with van der Waals surface area (Å²) in [7, 11) is 1.78. The van der Waals surface area contributed by atoms with Crippen LogP contribution in [0.1, 0.15) is 6.42 Å². The summed E-state index contributed by atoms with van der Waals surface area (Å²) in [5, 5.41) is 25.5. The summed E-state index contributed by atoms with van der Waals surface area (Å²) in [4.78, 5) is 25.5. The number of hydrogen-bond donors (Lipinski definition) is 5. The third-order valence-corrected chi connectivity index (χ3v) is 4.81. The fourth-order valence-corrected chi connectivity index (χ4v) is 3.19. The molecule has 1 aromatic carbocycles. The number of benzene rings is 1. The van der Waals surface area contributed by atoms with Crippen LogP contribution in [0.25, 0.3) is 16.7 Å². The van der Waals surface area contributed by atoms with Crippen molar-refractivity contribution in [1.29, 1.82) is 0 Å². The molecule has 4 aromatic rings. The number of nitrogens with zero attached hydrogens (tertiary/aromatic N) is 5. The fourth-order valence-electron chi connectivity index (χ4n) is 3.19. The van der Waals surface area contributed by atoms with Gasteiger partial charge in [0.1, 0.15) is 22.8 Å². The Hall–Kier alpha value is -3.99. The second-order valence-electron chi connectivity index (χ2n) is 6.93. The first kappa shape index (κ1) is 18.1. The molecule has 3 heterocycles. The highest BCUT2D eigenvalue weighted by molar-refractivity contribution is 5.94. The Kier molecular flexibility index (Phi) is 4.29. The van der Waals surface area contributed by atoms with Crippen LogP contribution in [0, 0.1) is 0 Å². The predicted molar refractivity (Wildman–Crippen MR) is 112 cm³/mol. The Morgan fingerprint density at radius 2 is 2.07 bits per heavy atom. The van der Waals surface area contributed by atoms with Crippen LogP contribution < -0.4 is 21.3 Å². The number of anilines is 4. The van der Waals surface area contributed by atoms with Crippen molar-refractivity contribution in [3.05, 3.63) is 42.9 Å². The molecule has 2 unspecified atom stereocenters. The molecule has 0 bridgehead atoms. The first-order valence-electron chi connectivity index (χ1n) is 9.41. The zero-order valence-electron chi connectivity index (χ0n) is 16.0. The average Bonchev–Trinajstić information content (AvgIpc) is 3.29. The summed E-state index contributed by atoms with van der Waals surface area (Å²) < 4.78 is 1.59. The third-order valence-electron chi connectivity index (χ3n) is 4.81. The van der Waals surface area contributed by atoms with Gasteiger partial charge in [-0.25, -0.2) is 9.78 Å². The van der Waals surface area contributed by atoms with Gasteiger partial charge in [-0.05, 0) is 18.6 Å². The Labute approximate surface area is 170 Å². The van der Waals surface area contributed by atoms with Crippen molar-refractivity contribution in [3.63, 3.8) is 0 Å². The maximum absolute atomic E-state index is 12.2. The van der Waals surface area contributed by atoms with Crippen LogP contribution in [0.5, 0.6) is 0 Å². The van der Waals surface area contributed by atoms with E-state index in [9.17, 15) is 9.90 Å². The molecule has 0 aliphatic heterocycles.